The number of rotatable bonds is 9. The van der Waals surface area contributed by atoms with E-state index in [-0.39, 0.29) is 18.3 Å². The van der Waals surface area contributed by atoms with Gasteiger partial charge in [0.25, 0.3) is 5.91 Å². The van der Waals surface area contributed by atoms with Crippen molar-refractivity contribution in [3.8, 4) is 5.75 Å². The Bertz CT molecular complexity index is 994. The van der Waals surface area contributed by atoms with Gasteiger partial charge in [0.05, 0.1) is 11.5 Å². The Morgan fingerprint density at radius 3 is 2.74 bits per heavy atom. The van der Waals surface area contributed by atoms with Crippen LogP contribution >= 0.6 is 39.9 Å². The Hall–Kier alpha value is -2.16. The van der Waals surface area contributed by atoms with Crippen LogP contribution in [0.15, 0.2) is 57.9 Å². The molecule has 1 fully saturated rings. The second-order valence-electron chi connectivity index (χ2n) is 6.70. The molecule has 0 bridgehead atoms. The lowest BCUT2D eigenvalue weighted by Gasteiger charge is -2.14. The van der Waals surface area contributed by atoms with Crippen LogP contribution < -0.4 is 4.74 Å². The summed E-state index contributed by atoms with van der Waals surface area (Å²) in [5.41, 5.74) is 1.85. The van der Waals surface area contributed by atoms with Crippen LogP contribution in [0.4, 0.5) is 0 Å². The zero-order chi connectivity index (χ0) is 22.2. The largest absolute Gasteiger partial charge is 0.488 e. The summed E-state index contributed by atoms with van der Waals surface area (Å²) in [7, 11) is 0. The van der Waals surface area contributed by atoms with Gasteiger partial charge in [0.2, 0.25) is 0 Å². The Balaban J connectivity index is 1.70. The van der Waals surface area contributed by atoms with E-state index in [2.05, 4.69) is 15.9 Å². The number of ether oxygens (including phenoxy) is 2. The zero-order valence-corrected chi connectivity index (χ0v) is 20.2. The predicted molar refractivity (Wildman–Crippen MR) is 131 cm³/mol. The standard InChI is InChI=1S/C23H22BrNO4S2/c1-2-28-21(26)9-6-12-25-22(27)20(31-23(25)30)14-17-13-18(24)10-11-19(17)29-15-16-7-4-3-5-8-16/h3-5,7-8,10-11,13-14H,2,6,9,12,15H2,1H3/b20-14-. The van der Waals surface area contributed by atoms with Gasteiger partial charge in [-0.1, -0.05) is 70.2 Å². The van der Waals surface area contributed by atoms with Crippen molar-refractivity contribution in [3.63, 3.8) is 0 Å². The van der Waals surface area contributed by atoms with E-state index in [1.807, 2.05) is 48.5 Å². The van der Waals surface area contributed by atoms with Crippen LogP contribution in [-0.4, -0.2) is 34.2 Å². The van der Waals surface area contributed by atoms with Crippen molar-refractivity contribution in [2.24, 2.45) is 0 Å². The summed E-state index contributed by atoms with van der Waals surface area (Å²) in [5, 5.41) is 0. The highest BCUT2D eigenvalue weighted by Gasteiger charge is 2.32. The number of hydrogen-bond donors (Lipinski definition) is 0. The minimum absolute atomic E-state index is 0.159. The van der Waals surface area contributed by atoms with Crippen LogP contribution in [0.2, 0.25) is 0 Å². The van der Waals surface area contributed by atoms with Crippen LogP contribution in [0.5, 0.6) is 5.75 Å². The van der Waals surface area contributed by atoms with Crippen LogP contribution in [-0.2, 0) is 20.9 Å². The molecule has 0 saturated carbocycles. The van der Waals surface area contributed by atoms with Crippen molar-refractivity contribution in [1.29, 1.82) is 0 Å². The number of esters is 1. The lowest BCUT2D eigenvalue weighted by Crippen LogP contribution is -2.29. The molecule has 3 rings (SSSR count). The molecule has 162 valence electrons. The molecule has 0 atom stereocenters. The Kier molecular flexibility index (Phi) is 8.69. The molecule has 0 unspecified atom stereocenters. The Morgan fingerprint density at radius 2 is 2.00 bits per heavy atom. The average Bonchev–Trinajstić information content (AvgIpc) is 3.01. The maximum Gasteiger partial charge on any atom is 0.305 e. The van der Waals surface area contributed by atoms with Gasteiger partial charge in [0, 0.05) is 23.0 Å². The Labute approximate surface area is 199 Å². The SMILES string of the molecule is CCOC(=O)CCCN1C(=O)/C(=C/c2cc(Br)ccc2OCc2ccccc2)SC1=S. The summed E-state index contributed by atoms with van der Waals surface area (Å²) in [4.78, 5) is 26.5. The van der Waals surface area contributed by atoms with Crippen LogP contribution in [0.3, 0.4) is 0 Å². The van der Waals surface area contributed by atoms with E-state index in [0.717, 1.165) is 15.6 Å². The maximum absolute atomic E-state index is 12.9. The first-order valence-corrected chi connectivity index (χ1v) is 11.9. The minimum Gasteiger partial charge on any atom is -0.488 e. The van der Waals surface area contributed by atoms with Gasteiger partial charge in [-0.2, -0.15) is 0 Å². The summed E-state index contributed by atoms with van der Waals surface area (Å²) in [6.07, 6.45) is 2.56. The van der Waals surface area contributed by atoms with E-state index in [4.69, 9.17) is 21.7 Å². The highest BCUT2D eigenvalue weighted by Crippen LogP contribution is 2.35. The second kappa shape index (κ2) is 11.5. The summed E-state index contributed by atoms with van der Waals surface area (Å²) in [6.45, 7) is 2.93. The van der Waals surface area contributed by atoms with Crippen molar-refractivity contribution < 1.29 is 19.1 Å². The molecule has 2 aromatic rings. The lowest BCUT2D eigenvalue weighted by atomic mass is 10.1. The number of carbonyl (C=O) groups excluding carboxylic acids is 2. The number of benzene rings is 2. The fraction of sp³-hybridized carbons (Fsp3) is 0.261. The van der Waals surface area contributed by atoms with Crippen molar-refractivity contribution in [3.05, 3.63) is 69.0 Å². The number of thiocarbonyl (C=S) groups is 1. The summed E-state index contributed by atoms with van der Waals surface area (Å²) in [6, 6.07) is 15.6. The average molecular weight is 520 g/mol. The van der Waals surface area contributed by atoms with E-state index in [1.54, 1.807) is 13.0 Å². The molecular formula is C23H22BrNO4S2. The third kappa shape index (κ3) is 6.66. The van der Waals surface area contributed by atoms with Gasteiger partial charge in [-0.3, -0.25) is 14.5 Å². The number of amides is 1. The minimum atomic E-state index is -0.266. The van der Waals surface area contributed by atoms with Gasteiger partial charge in [-0.05, 0) is 43.2 Å². The van der Waals surface area contributed by atoms with Gasteiger partial charge in [0.15, 0.2) is 0 Å². The summed E-state index contributed by atoms with van der Waals surface area (Å²) >= 11 is 10.1. The molecule has 0 aromatic heterocycles. The molecule has 0 radical (unpaired) electrons. The first-order chi connectivity index (χ1) is 15.0. The first kappa shape index (κ1) is 23.5. The van der Waals surface area contributed by atoms with Gasteiger partial charge < -0.3 is 9.47 Å². The van der Waals surface area contributed by atoms with Crippen molar-refractivity contribution in [2.45, 2.75) is 26.4 Å². The van der Waals surface area contributed by atoms with E-state index in [0.29, 0.717) is 41.2 Å². The number of halogens is 1. The molecule has 0 spiro atoms. The molecule has 1 aliphatic rings. The van der Waals surface area contributed by atoms with Gasteiger partial charge >= 0.3 is 5.97 Å². The van der Waals surface area contributed by atoms with E-state index in [1.165, 1.54) is 16.7 Å². The van der Waals surface area contributed by atoms with E-state index in [9.17, 15) is 9.59 Å². The summed E-state index contributed by atoms with van der Waals surface area (Å²) in [5.74, 6) is 0.255. The zero-order valence-electron chi connectivity index (χ0n) is 17.0. The molecule has 0 N–H and O–H groups in total. The predicted octanol–water partition coefficient (Wildman–Crippen LogP) is 5.57. The van der Waals surface area contributed by atoms with Gasteiger partial charge in [-0.15, -0.1) is 0 Å². The second-order valence-corrected chi connectivity index (χ2v) is 9.29. The van der Waals surface area contributed by atoms with Crippen LogP contribution in [0.25, 0.3) is 6.08 Å². The topological polar surface area (TPSA) is 55.8 Å². The molecule has 1 saturated heterocycles. The van der Waals surface area contributed by atoms with Crippen LogP contribution in [0.1, 0.15) is 30.9 Å². The monoisotopic (exact) mass is 519 g/mol. The molecule has 31 heavy (non-hydrogen) atoms. The first-order valence-electron chi connectivity index (χ1n) is 9.85. The highest BCUT2D eigenvalue weighted by molar-refractivity contribution is 9.10. The molecule has 1 heterocycles. The lowest BCUT2D eigenvalue weighted by molar-refractivity contribution is -0.143. The van der Waals surface area contributed by atoms with Crippen molar-refractivity contribution >= 4 is 62.2 Å². The van der Waals surface area contributed by atoms with Gasteiger partial charge in [-0.25, -0.2) is 0 Å². The quantitative estimate of drug-likeness (QED) is 0.245. The number of nitrogens with zero attached hydrogens (tertiary/aromatic N) is 1. The molecule has 0 aliphatic carbocycles. The fourth-order valence-electron chi connectivity index (χ4n) is 2.95. The Morgan fingerprint density at radius 1 is 1.23 bits per heavy atom. The molecule has 2 aromatic carbocycles. The number of carbonyl (C=O) groups is 2. The highest BCUT2D eigenvalue weighted by atomic mass is 79.9. The molecular weight excluding hydrogens is 498 g/mol. The van der Waals surface area contributed by atoms with E-state index >= 15 is 0 Å². The third-order valence-electron chi connectivity index (χ3n) is 4.44. The van der Waals surface area contributed by atoms with Crippen molar-refractivity contribution in [2.75, 3.05) is 13.2 Å². The maximum atomic E-state index is 12.9. The third-order valence-corrected chi connectivity index (χ3v) is 6.31. The molecule has 1 amide bonds. The number of hydrogen-bond acceptors (Lipinski definition) is 6. The molecule has 8 heteroatoms. The van der Waals surface area contributed by atoms with E-state index < -0.39 is 0 Å². The van der Waals surface area contributed by atoms with Crippen molar-refractivity contribution in [1.82, 2.24) is 4.90 Å². The smallest absolute Gasteiger partial charge is 0.305 e. The molecule has 5 nitrogen and oxygen atoms in total. The number of thioether (sulfide) groups is 1. The fourth-order valence-corrected chi connectivity index (χ4v) is 4.63. The normalized spacial score (nSPS) is 14.9. The molecule has 1 aliphatic heterocycles. The summed E-state index contributed by atoms with van der Waals surface area (Å²) < 4.78 is 12.3. The van der Waals surface area contributed by atoms with Gasteiger partial charge in [0.1, 0.15) is 16.7 Å². The van der Waals surface area contributed by atoms with Crippen LogP contribution in [0, 0.1) is 0 Å².